The van der Waals surface area contributed by atoms with Crippen molar-refractivity contribution in [2.24, 2.45) is 0 Å². The van der Waals surface area contributed by atoms with Crippen molar-refractivity contribution in [2.75, 3.05) is 18.5 Å². The molecule has 1 aromatic heterocycles. The monoisotopic (exact) mass is 409 g/mol. The number of anilines is 1. The maximum Gasteiger partial charge on any atom is 0.316 e. The third kappa shape index (κ3) is 4.13. The quantitative estimate of drug-likeness (QED) is 0.609. The van der Waals surface area contributed by atoms with Gasteiger partial charge in [-0.15, -0.1) is 0 Å². The average molecular weight is 409 g/mol. The van der Waals surface area contributed by atoms with E-state index in [2.05, 4.69) is 10.3 Å². The van der Waals surface area contributed by atoms with Gasteiger partial charge in [-0.3, -0.25) is 14.4 Å². The van der Waals surface area contributed by atoms with Gasteiger partial charge < -0.3 is 24.3 Å². The topological polar surface area (TPSA) is 102 Å². The number of rotatable bonds is 6. The number of carbonyl (C=O) groups excluding carboxylic acids is 1. The molecule has 1 atom stereocenters. The number of hydrogen-bond acceptors (Lipinski definition) is 5. The molecule has 4 rings (SSSR count). The highest BCUT2D eigenvalue weighted by atomic mass is 16.5. The Bertz CT molecular complexity index is 1190. The van der Waals surface area contributed by atoms with Crippen molar-refractivity contribution in [1.82, 2.24) is 9.55 Å². The van der Waals surface area contributed by atoms with Crippen molar-refractivity contribution in [3.05, 3.63) is 68.7 Å². The van der Waals surface area contributed by atoms with E-state index in [9.17, 15) is 14.4 Å². The van der Waals surface area contributed by atoms with Crippen LogP contribution in [0, 0.1) is 0 Å². The fraction of sp³-hybridized carbons (Fsp3) is 0.318. The molecule has 3 aromatic rings. The SMILES string of the molecule is CCn1c(=O)c(=O)[nH]c2cc(C(=O)Nc3cccc(OC[C@@H]4CCCO4)c3)ccc21. The highest BCUT2D eigenvalue weighted by Crippen LogP contribution is 2.21. The fourth-order valence-electron chi connectivity index (χ4n) is 3.57. The smallest absolute Gasteiger partial charge is 0.316 e. The Morgan fingerprint density at radius 3 is 2.90 bits per heavy atom. The first-order valence-electron chi connectivity index (χ1n) is 9.98. The summed E-state index contributed by atoms with van der Waals surface area (Å²) in [5, 5.41) is 2.84. The van der Waals surface area contributed by atoms with Crippen LogP contribution in [-0.2, 0) is 11.3 Å². The third-order valence-corrected chi connectivity index (χ3v) is 5.11. The average Bonchev–Trinajstić information content (AvgIpc) is 3.27. The molecule has 0 spiro atoms. The van der Waals surface area contributed by atoms with Crippen LogP contribution in [0.5, 0.6) is 5.75 Å². The molecular formula is C22H23N3O5. The summed E-state index contributed by atoms with van der Waals surface area (Å²) in [4.78, 5) is 39.1. The first kappa shape index (κ1) is 19.9. The second-order valence-corrected chi connectivity index (χ2v) is 7.16. The summed E-state index contributed by atoms with van der Waals surface area (Å²) in [6, 6.07) is 12.0. The van der Waals surface area contributed by atoms with Crippen LogP contribution in [0.2, 0.25) is 0 Å². The highest BCUT2D eigenvalue weighted by molar-refractivity contribution is 6.06. The van der Waals surface area contributed by atoms with Gasteiger partial charge in [-0.1, -0.05) is 6.07 Å². The first-order chi connectivity index (χ1) is 14.5. The van der Waals surface area contributed by atoms with E-state index in [1.54, 1.807) is 43.3 Å². The molecule has 1 aliphatic heterocycles. The fourth-order valence-corrected chi connectivity index (χ4v) is 3.57. The van der Waals surface area contributed by atoms with Gasteiger partial charge in [0.25, 0.3) is 5.91 Å². The molecule has 156 valence electrons. The van der Waals surface area contributed by atoms with Crippen molar-refractivity contribution < 1.29 is 14.3 Å². The van der Waals surface area contributed by atoms with Crippen LogP contribution in [0.15, 0.2) is 52.1 Å². The summed E-state index contributed by atoms with van der Waals surface area (Å²) in [5.41, 5.74) is 0.646. The lowest BCUT2D eigenvalue weighted by molar-refractivity contribution is 0.0680. The predicted octanol–water partition coefficient (Wildman–Crippen LogP) is 2.52. The molecule has 8 heteroatoms. The lowest BCUT2D eigenvalue weighted by Crippen LogP contribution is -2.36. The van der Waals surface area contributed by atoms with E-state index in [1.807, 2.05) is 6.07 Å². The number of benzene rings is 2. The summed E-state index contributed by atoms with van der Waals surface area (Å²) in [6.45, 7) is 3.41. The van der Waals surface area contributed by atoms with E-state index in [-0.39, 0.29) is 12.0 Å². The molecule has 0 saturated carbocycles. The standard InChI is InChI=1S/C22H23N3O5/c1-2-25-19-9-8-14(11-18(19)24-21(27)22(25)28)20(26)23-15-5-3-6-16(12-15)30-13-17-7-4-10-29-17/h3,5-6,8-9,11-12,17H,2,4,7,10,13H2,1H3,(H,23,26)(H,24,27)/t17-/m0/s1. The summed E-state index contributed by atoms with van der Waals surface area (Å²) in [5.74, 6) is 0.321. The normalized spacial score (nSPS) is 16.0. The molecule has 0 aliphatic carbocycles. The van der Waals surface area contributed by atoms with Crippen molar-refractivity contribution in [3.8, 4) is 5.75 Å². The third-order valence-electron chi connectivity index (χ3n) is 5.11. The number of amides is 1. The molecule has 2 aromatic carbocycles. The van der Waals surface area contributed by atoms with E-state index < -0.39 is 11.1 Å². The van der Waals surface area contributed by atoms with Gasteiger partial charge in [0.2, 0.25) is 0 Å². The minimum Gasteiger partial charge on any atom is -0.491 e. The van der Waals surface area contributed by atoms with Crippen molar-refractivity contribution >= 4 is 22.6 Å². The van der Waals surface area contributed by atoms with Crippen LogP contribution in [-0.4, -0.2) is 34.8 Å². The molecule has 2 heterocycles. The summed E-state index contributed by atoms with van der Waals surface area (Å²) >= 11 is 0. The number of aryl methyl sites for hydroxylation is 1. The molecule has 2 N–H and O–H groups in total. The lowest BCUT2D eigenvalue weighted by atomic mass is 10.1. The number of nitrogens with one attached hydrogen (secondary N) is 2. The Morgan fingerprint density at radius 2 is 2.13 bits per heavy atom. The molecule has 0 radical (unpaired) electrons. The van der Waals surface area contributed by atoms with Crippen LogP contribution in [0.1, 0.15) is 30.1 Å². The number of ether oxygens (including phenoxy) is 2. The van der Waals surface area contributed by atoms with E-state index in [1.165, 1.54) is 4.57 Å². The van der Waals surface area contributed by atoms with Crippen LogP contribution >= 0.6 is 0 Å². The Balaban J connectivity index is 1.51. The van der Waals surface area contributed by atoms with Gasteiger partial charge in [-0.05, 0) is 50.1 Å². The number of hydrogen-bond donors (Lipinski definition) is 2. The number of aromatic amines is 1. The van der Waals surface area contributed by atoms with Crippen molar-refractivity contribution in [1.29, 1.82) is 0 Å². The van der Waals surface area contributed by atoms with Crippen LogP contribution in [0.3, 0.4) is 0 Å². The second-order valence-electron chi connectivity index (χ2n) is 7.16. The van der Waals surface area contributed by atoms with Gasteiger partial charge in [0.15, 0.2) is 0 Å². The lowest BCUT2D eigenvalue weighted by Gasteiger charge is -2.13. The second kappa shape index (κ2) is 8.54. The number of fused-ring (bicyclic) bond motifs is 1. The van der Waals surface area contributed by atoms with Gasteiger partial charge in [0.05, 0.1) is 17.1 Å². The maximum atomic E-state index is 12.7. The van der Waals surface area contributed by atoms with Gasteiger partial charge >= 0.3 is 11.1 Å². The number of nitrogens with zero attached hydrogens (tertiary/aromatic N) is 1. The molecular weight excluding hydrogens is 386 g/mol. The summed E-state index contributed by atoms with van der Waals surface area (Å²) < 4.78 is 12.7. The maximum absolute atomic E-state index is 12.7. The molecule has 1 fully saturated rings. The van der Waals surface area contributed by atoms with E-state index in [0.29, 0.717) is 41.2 Å². The van der Waals surface area contributed by atoms with Gasteiger partial charge in [-0.25, -0.2) is 0 Å². The molecule has 0 bridgehead atoms. The zero-order chi connectivity index (χ0) is 21.1. The number of carbonyl (C=O) groups is 1. The Hall–Kier alpha value is -3.39. The van der Waals surface area contributed by atoms with E-state index in [0.717, 1.165) is 19.4 Å². The zero-order valence-corrected chi connectivity index (χ0v) is 16.6. The molecule has 1 amide bonds. The molecule has 1 saturated heterocycles. The minimum atomic E-state index is -0.710. The molecule has 8 nitrogen and oxygen atoms in total. The minimum absolute atomic E-state index is 0.114. The largest absolute Gasteiger partial charge is 0.491 e. The summed E-state index contributed by atoms with van der Waals surface area (Å²) in [7, 11) is 0. The van der Waals surface area contributed by atoms with Crippen molar-refractivity contribution in [3.63, 3.8) is 0 Å². The van der Waals surface area contributed by atoms with Crippen LogP contribution < -0.4 is 21.2 Å². The Morgan fingerprint density at radius 1 is 1.27 bits per heavy atom. The Labute approximate surface area is 172 Å². The van der Waals surface area contributed by atoms with E-state index >= 15 is 0 Å². The molecule has 30 heavy (non-hydrogen) atoms. The molecule has 0 unspecified atom stereocenters. The van der Waals surface area contributed by atoms with E-state index in [4.69, 9.17) is 9.47 Å². The number of H-pyrrole nitrogens is 1. The van der Waals surface area contributed by atoms with Gasteiger partial charge in [-0.2, -0.15) is 0 Å². The van der Waals surface area contributed by atoms with Gasteiger partial charge in [0, 0.05) is 30.5 Å². The summed E-state index contributed by atoms with van der Waals surface area (Å²) in [6.07, 6.45) is 2.16. The predicted molar refractivity (Wildman–Crippen MR) is 113 cm³/mol. The van der Waals surface area contributed by atoms with Crippen molar-refractivity contribution in [2.45, 2.75) is 32.4 Å². The number of aromatic nitrogens is 2. The van der Waals surface area contributed by atoms with Crippen LogP contribution in [0.4, 0.5) is 5.69 Å². The van der Waals surface area contributed by atoms with Crippen LogP contribution in [0.25, 0.3) is 11.0 Å². The Kier molecular flexibility index (Phi) is 5.67. The highest BCUT2D eigenvalue weighted by Gasteiger charge is 2.16. The van der Waals surface area contributed by atoms with Gasteiger partial charge in [0.1, 0.15) is 12.4 Å². The molecule has 1 aliphatic rings. The zero-order valence-electron chi connectivity index (χ0n) is 16.6. The first-order valence-corrected chi connectivity index (χ1v) is 9.98.